The van der Waals surface area contributed by atoms with Crippen molar-refractivity contribution < 1.29 is 23.8 Å². The van der Waals surface area contributed by atoms with Gasteiger partial charge in [-0.2, -0.15) is 0 Å². The minimum absolute atomic E-state index is 0.235. The fourth-order valence-electron chi connectivity index (χ4n) is 2.61. The molecule has 0 fully saturated rings. The van der Waals surface area contributed by atoms with Crippen molar-refractivity contribution in [2.24, 2.45) is 5.92 Å². The van der Waals surface area contributed by atoms with E-state index in [9.17, 15) is 9.59 Å². The molecule has 2 unspecified atom stereocenters. The number of anilines is 1. The van der Waals surface area contributed by atoms with E-state index in [1.165, 1.54) is 33.7 Å². The smallest absolute Gasteiger partial charge is 0.350 e. The zero-order valence-corrected chi connectivity index (χ0v) is 15.2. The number of esters is 1. The van der Waals surface area contributed by atoms with Crippen LogP contribution in [0.4, 0.5) is 5.69 Å². The summed E-state index contributed by atoms with van der Waals surface area (Å²) >= 11 is 1.11. The third-order valence-corrected chi connectivity index (χ3v) is 4.97. The number of thiophene rings is 1. The standard InChI is InChI=1S/C17H17N3O5S/c1-23-9-4-5-11(24-2)10(8-9)15(21)20-12-13-16(19-7-6-18-13)26-14(12)17(22)25-3/h4-8,10-11H,1-3H3,(H,20,21). The molecule has 0 bridgehead atoms. The second-order valence-electron chi connectivity index (χ2n) is 5.36. The Kier molecular flexibility index (Phi) is 5.29. The monoisotopic (exact) mass is 375 g/mol. The van der Waals surface area contributed by atoms with Gasteiger partial charge >= 0.3 is 5.97 Å². The highest BCUT2D eigenvalue weighted by atomic mass is 32.1. The van der Waals surface area contributed by atoms with Crippen LogP contribution in [0.2, 0.25) is 0 Å². The van der Waals surface area contributed by atoms with E-state index in [0.717, 1.165) is 11.3 Å². The number of amides is 1. The highest BCUT2D eigenvalue weighted by molar-refractivity contribution is 7.21. The highest BCUT2D eigenvalue weighted by Crippen LogP contribution is 2.34. The molecular weight excluding hydrogens is 358 g/mol. The minimum atomic E-state index is -0.628. The number of methoxy groups -OCH3 is 3. The topological polar surface area (TPSA) is 99.6 Å². The molecule has 8 nitrogen and oxygen atoms in total. The van der Waals surface area contributed by atoms with Crippen LogP contribution in [0.15, 0.2) is 36.4 Å². The van der Waals surface area contributed by atoms with Crippen LogP contribution in [0.5, 0.6) is 0 Å². The summed E-state index contributed by atoms with van der Waals surface area (Å²) in [4.78, 5) is 34.2. The largest absolute Gasteiger partial charge is 0.497 e. The first-order valence-corrected chi connectivity index (χ1v) is 8.50. The van der Waals surface area contributed by atoms with Gasteiger partial charge in [-0.1, -0.05) is 6.08 Å². The molecule has 2 aromatic heterocycles. The molecule has 0 saturated carbocycles. The van der Waals surface area contributed by atoms with E-state index < -0.39 is 18.0 Å². The predicted molar refractivity (Wildman–Crippen MR) is 95.9 cm³/mol. The molecule has 0 radical (unpaired) electrons. The number of hydrogen-bond donors (Lipinski definition) is 1. The maximum absolute atomic E-state index is 12.9. The molecule has 0 aromatic carbocycles. The maximum atomic E-state index is 12.9. The minimum Gasteiger partial charge on any atom is -0.497 e. The molecule has 0 spiro atoms. The van der Waals surface area contributed by atoms with E-state index in [-0.39, 0.29) is 16.5 Å². The van der Waals surface area contributed by atoms with Gasteiger partial charge in [-0.05, 0) is 12.2 Å². The van der Waals surface area contributed by atoms with Gasteiger partial charge in [-0.3, -0.25) is 4.79 Å². The molecule has 0 aliphatic heterocycles. The van der Waals surface area contributed by atoms with Crippen molar-refractivity contribution in [2.45, 2.75) is 6.10 Å². The van der Waals surface area contributed by atoms with Gasteiger partial charge in [0.25, 0.3) is 0 Å². The number of allylic oxidation sites excluding steroid dienone is 1. The summed E-state index contributed by atoms with van der Waals surface area (Å²) in [5, 5.41) is 2.78. The molecule has 9 heteroatoms. The van der Waals surface area contributed by atoms with Gasteiger partial charge in [0, 0.05) is 19.5 Å². The van der Waals surface area contributed by atoms with Gasteiger partial charge in [0.05, 0.1) is 31.9 Å². The quantitative estimate of drug-likeness (QED) is 0.799. The molecule has 1 amide bonds. The fourth-order valence-corrected chi connectivity index (χ4v) is 3.58. The van der Waals surface area contributed by atoms with Gasteiger partial charge in [0.1, 0.15) is 21.0 Å². The lowest BCUT2D eigenvalue weighted by atomic mass is 9.95. The Morgan fingerprint density at radius 2 is 1.96 bits per heavy atom. The summed E-state index contributed by atoms with van der Waals surface area (Å²) in [5.74, 6) is -0.991. The van der Waals surface area contributed by atoms with Crippen LogP contribution in [0.3, 0.4) is 0 Å². The van der Waals surface area contributed by atoms with Crippen molar-refractivity contribution in [3.8, 4) is 0 Å². The summed E-state index contributed by atoms with van der Waals surface area (Å²) in [6.45, 7) is 0. The van der Waals surface area contributed by atoms with Crippen LogP contribution in [0.1, 0.15) is 9.67 Å². The number of aromatic nitrogens is 2. The molecule has 2 aromatic rings. The van der Waals surface area contributed by atoms with Crippen LogP contribution in [0, 0.1) is 5.92 Å². The average molecular weight is 375 g/mol. The molecule has 2 heterocycles. The summed E-state index contributed by atoms with van der Waals surface area (Å²) in [6, 6.07) is 0. The van der Waals surface area contributed by atoms with Gasteiger partial charge in [-0.25, -0.2) is 14.8 Å². The molecule has 2 atom stereocenters. The average Bonchev–Trinajstić information content (AvgIpc) is 3.05. The van der Waals surface area contributed by atoms with Gasteiger partial charge in [0.2, 0.25) is 5.91 Å². The molecule has 1 aliphatic carbocycles. The second-order valence-corrected chi connectivity index (χ2v) is 6.35. The Bertz CT molecular complexity index is 905. The first-order chi connectivity index (χ1) is 12.6. The van der Waals surface area contributed by atoms with Crippen LogP contribution >= 0.6 is 11.3 Å². The van der Waals surface area contributed by atoms with E-state index in [1.54, 1.807) is 18.2 Å². The van der Waals surface area contributed by atoms with E-state index in [2.05, 4.69) is 15.3 Å². The number of carbonyl (C=O) groups is 2. The lowest BCUT2D eigenvalue weighted by molar-refractivity contribution is -0.121. The van der Waals surface area contributed by atoms with Gasteiger partial charge in [-0.15, -0.1) is 11.3 Å². The molecule has 0 saturated heterocycles. The molecule has 1 aliphatic rings. The molecule has 136 valence electrons. The van der Waals surface area contributed by atoms with Crippen molar-refractivity contribution in [1.82, 2.24) is 9.97 Å². The zero-order chi connectivity index (χ0) is 18.7. The van der Waals surface area contributed by atoms with E-state index in [0.29, 0.717) is 16.1 Å². The van der Waals surface area contributed by atoms with Crippen molar-refractivity contribution in [2.75, 3.05) is 26.6 Å². The SMILES string of the molecule is COC(=O)c1sc2nccnc2c1NC(=O)C1C=C(OC)C=CC1OC. The Morgan fingerprint density at radius 3 is 2.65 bits per heavy atom. The molecule has 26 heavy (non-hydrogen) atoms. The number of fused-ring (bicyclic) bond motifs is 1. The molecular formula is C17H17N3O5S. The van der Waals surface area contributed by atoms with Crippen molar-refractivity contribution in [3.05, 3.63) is 41.3 Å². The number of nitrogens with one attached hydrogen (secondary N) is 1. The van der Waals surface area contributed by atoms with Crippen molar-refractivity contribution >= 4 is 39.2 Å². The van der Waals surface area contributed by atoms with Gasteiger partial charge in [0.15, 0.2) is 0 Å². The Labute approximate surface area is 153 Å². The van der Waals surface area contributed by atoms with Crippen LogP contribution in [0.25, 0.3) is 10.3 Å². The maximum Gasteiger partial charge on any atom is 0.350 e. The summed E-state index contributed by atoms with van der Waals surface area (Å²) in [7, 11) is 4.32. The Hall–Kier alpha value is -2.78. The van der Waals surface area contributed by atoms with E-state index in [1.807, 2.05) is 0 Å². The van der Waals surface area contributed by atoms with Crippen molar-refractivity contribution in [1.29, 1.82) is 0 Å². The first-order valence-electron chi connectivity index (χ1n) is 7.68. The summed E-state index contributed by atoms with van der Waals surface area (Å²) in [6.07, 6.45) is 7.72. The first kappa shape index (κ1) is 18.0. The zero-order valence-electron chi connectivity index (χ0n) is 14.4. The number of nitrogens with zero attached hydrogens (tertiary/aromatic N) is 2. The molecule has 3 rings (SSSR count). The van der Waals surface area contributed by atoms with E-state index in [4.69, 9.17) is 14.2 Å². The number of carbonyl (C=O) groups excluding carboxylic acids is 2. The second kappa shape index (κ2) is 7.63. The lowest BCUT2D eigenvalue weighted by Crippen LogP contribution is -2.33. The fraction of sp³-hybridized carbons (Fsp3) is 0.294. The Balaban J connectivity index is 1.97. The van der Waals surface area contributed by atoms with Crippen LogP contribution in [-0.4, -0.2) is 49.3 Å². The van der Waals surface area contributed by atoms with Gasteiger partial charge < -0.3 is 19.5 Å². The van der Waals surface area contributed by atoms with E-state index >= 15 is 0 Å². The number of rotatable bonds is 5. The lowest BCUT2D eigenvalue weighted by Gasteiger charge is -2.23. The number of hydrogen-bond acceptors (Lipinski definition) is 8. The summed E-state index contributed by atoms with van der Waals surface area (Å²) in [5.41, 5.74) is 0.717. The summed E-state index contributed by atoms with van der Waals surface area (Å²) < 4.78 is 15.4. The third-order valence-electron chi connectivity index (χ3n) is 3.90. The third kappa shape index (κ3) is 3.31. The normalized spacial score (nSPS) is 19.1. The predicted octanol–water partition coefficient (Wildman–Crippen LogP) is 2.15. The molecule has 1 N–H and O–H groups in total. The highest BCUT2D eigenvalue weighted by Gasteiger charge is 2.30. The number of ether oxygens (including phenoxy) is 3. The van der Waals surface area contributed by atoms with Crippen molar-refractivity contribution in [3.63, 3.8) is 0 Å². The Morgan fingerprint density at radius 1 is 1.19 bits per heavy atom. The van der Waals surface area contributed by atoms with Crippen LogP contribution in [-0.2, 0) is 19.0 Å². The van der Waals surface area contributed by atoms with Crippen LogP contribution < -0.4 is 5.32 Å².